The van der Waals surface area contributed by atoms with Crippen molar-refractivity contribution in [2.75, 3.05) is 5.75 Å². The van der Waals surface area contributed by atoms with E-state index >= 15 is 0 Å². The molecule has 0 radical (unpaired) electrons. The molecule has 4 rings (SSSR count). The number of benzene rings is 2. The van der Waals surface area contributed by atoms with Crippen LogP contribution in [0.25, 0.3) is 22.6 Å². The van der Waals surface area contributed by atoms with Gasteiger partial charge in [-0.05, 0) is 6.42 Å². The van der Waals surface area contributed by atoms with E-state index in [0.29, 0.717) is 22.6 Å². The van der Waals surface area contributed by atoms with Gasteiger partial charge in [-0.3, -0.25) is 13.9 Å². The molecule has 9 heteroatoms. The molecule has 150 valence electrons. The third-order valence-electron chi connectivity index (χ3n) is 4.87. The Morgan fingerprint density at radius 2 is 1.55 bits per heavy atom. The Morgan fingerprint density at radius 3 is 2.10 bits per heavy atom. The van der Waals surface area contributed by atoms with Crippen molar-refractivity contribution in [1.29, 1.82) is 0 Å². The molecule has 1 aliphatic heterocycles. The molecule has 0 unspecified atom stereocenters. The fourth-order valence-electron chi connectivity index (χ4n) is 3.53. The van der Waals surface area contributed by atoms with Crippen molar-refractivity contribution >= 4 is 16.0 Å². The highest BCUT2D eigenvalue weighted by molar-refractivity contribution is 7.85. The van der Waals surface area contributed by atoms with Gasteiger partial charge in [0.25, 0.3) is 10.1 Å². The van der Waals surface area contributed by atoms with E-state index in [-0.39, 0.29) is 6.42 Å². The Balaban J connectivity index is 1.84. The van der Waals surface area contributed by atoms with Crippen molar-refractivity contribution in [3.05, 3.63) is 71.2 Å². The summed E-state index contributed by atoms with van der Waals surface area (Å²) in [6, 6.07) is 16.6. The van der Waals surface area contributed by atoms with E-state index < -0.39 is 39.6 Å². The zero-order chi connectivity index (χ0) is 20.6. The van der Waals surface area contributed by atoms with Crippen LogP contribution in [0.3, 0.4) is 0 Å². The number of β-lactam (4-membered cyclic amide) rings is 1. The van der Waals surface area contributed by atoms with Gasteiger partial charge in [0.05, 0.1) is 17.5 Å². The Kier molecular flexibility index (Phi) is 4.85. The normalized spacial score (nSPS) is 18.9. The largest absolute Gasteiger partial charge is 0.420 e. The summed E-state index contributed by atoms with van der Waals surface area (Å²) in [6.45, 7) is 0. The van der Waals surface area contributed by atoms with Crippen molar-refractivity contribution in [2.24, 2.45) is 0 Å². The minimum absolute atomic E-state index is 0.0260. The first-order valence-corrected chi connectivity index (χ1v) is 10.6. The molecule has 0 saturated carbocycles. The van der Waals surface area contributed by atoms with Gasteiger partial charge in [0.2, 0.25) is 5.91 Å². The second-order valence-corrected chi connectivity index (χ2v) is 8.35. The molecule has 2 atom stereocenters. The molecule has 0 aliphatic carbocycles. The maximum atomic E-state index is 12.8. The highest BCUT2D eigenvalue weighted by atomic mass is 32.2. The van der Waals surface area contributed by atoms with Crippen LogP contribution in [0.1, 0.15) is 12.5 Å². The molecule has 2 N–H and O–H groups in total. The predicted octanol–water partition coefficient (Wildman–Crippen LogP) is 2.09. The fraction of sp³-hybridized carbons (Fsp3) is 0.200. The Labute approximate surface area is 166 Å². The number of nitrogens with one attached hydrogen (secondary N) is 1. The maximum Gasteiger partial charge on any atom is 0.420 e. The number of aromatic nitrogens is 1. The average molecular weight is 414 g/mol. The number of carbonyl (C=O) groups is 1. The smallest absolute Gasteiger partial charge is 0.407 e. The van der Waals surface area contributed by atoms with Crippen molar-refractivity contribution in [1.82, 2.24) is 9.88 Å². The molecule has 0 spiro atoms. The topological polar surface area (TPSA) is 119 Å². The molecule has 2 heterocycles. The number of rotatable bonds is 6. The van der Waals surface area contributed by atoms with Crippen LogP contribution in [-0.4, -0.2) is 35.2 Å². The summed E-state index contributed by atoms with van der Waals surface area (Å²) in [6.07, 6.45) is -0.0260. The molecule has 1 saturated heterocycles. The molecule has 0 bridgehead atoms. The van der Waals surface area contributed by atoms with Gasteiger partial charge < -0.3 is 9.73 Å². The third kappa shape index (κ3) is 3.74. The molecular formula is C20H18N2O6S. The molecule has 1 fully saturated rings. The van der Waals surface area contributed by atoms with Gasteiger partial charge in [-0.25, -0.2) is 4.79 Å². The van der Waals surface area contributed by atoms with Crippen molar-refractivity contribution < 1.29 is 22.2 Å². The summed E-state index contributed by atoms with van der Waals surface area (Å²) in [5, 5.41) is 2.60. The number of carbonyl (C=O) groups excluding carboxylic acids is 1. The van der Waals surface area contributed by atoms with Crippen LogP contribution in [0.15, 0.2) is 69.9 Å². The van der Waals surface area contributed by atoms with E-state index in [1.165, 1.54) is 4.57 Å². The van der Waals surface area contributed by atoms with Crippen molar-refractivity contribution in [3.63, 3.8) is 0 Å². The molecule has 8 nitrogen and oxygen atoms in total. The SMILES string of the molecule is O=C1N[C@H](CCS(=O)(=O)O)[C@@H]1n1c(-c2ccccc2)c(-c2ccccc2)oc1=O. The second kappa shape index (κ2) is 7.34. The monoisotopic (exact) mass is 414 g/mol. The van der Waals surface area contributed by atoms with Crippen molar-refractivity contribution in [2.45, 2.75) is 18.5 Å². The molecular weight excluding hydrogens is 396 g/mol. The third-order valence-corrected chi connectivity index (χ3v) is 5.62. The summed E-state index contributed by atoms with van der Waals surface area (Å²) in [5.41, 5.74) is 1.81. The highest BCUT2D eigenvalue weighted by Crippen LogP contribution is 2.36. The molecule has 3 aromatic rings. The molecule has 29 heavy (non-hydrogen) atoms. The minimum Gasteiger partial charge on any atom is -0.407 e. The zero-order valence-corrected chi connectivity index (χ0v) is 16.0. The van der Waals surface area contributed by atoms with Crippen LogP contribution >= 0.6 is 0 Å². The van der Waals surface area contributed by atoms with Crippen LogP contribution in [0.5, 0.6) is 0 Å². The number of oxazole rings is 1. The van der Waals surface area contributed by atoms with Gasteiger partial charge in [-0.2, -0.15) is 8.42 Å². The number of hydrogen-bond donors (Lipinski definition) is 2. The lowest BCUT2D eigenvalue weighted by atomic mass is 9.95. The quantitative estimate of drug-likeness (QED) is 0.471. The predicted molar refractivity (Wildman–Crippen MR) is 106 cm³/mol. The van der Waals surface area contributed by atoms with Crippen LogP contribution in [0.4, 0.5) is 0 Å². The standard InChI is InChI=1S/C20H18N2O6S/c23-19-17(15(21-19)11-12-29(25,26)27)22-16(13-7-3-1-4-8-13)18(28-20(22)24)14-9-5-2-6-10-14/h1-10,15,17H,11-12H2,(H,21,23)(H,25,26,27)/t15-,17+/m1/s1. The molecule has 2 aromatic carbocycles. The Morgan fingerprint density at radius 1 is 0.966 bits per heavy atom. The lowest BCUT2D eigenvalue weighted by Gasteiger charge is -2.37. The van der Waals surface area contributed by atoms with E-state index in [4.69, 9.17) is 8.97 Å². The van der Waals surface area contributed by atoms with Crippen molar-refractivity contribution in [3.8, 4) is 22.6 Å². The van der Waals surface area contributed by atoms with E-state index in [1.807, 2.05) is 36.4 Å². The van der Waals surface area contributed by atoms with E-state index in [0.717, 1.165) is 0 Å². The van der Waals surface area contributed by atoms with Crippen LogP contribution in [0, 0.1) is 0 Å². The first-order valence-electron chi connectivity index (χ1n) is 8.97. The molecule has 1 aromatic heterocycles. The first kappa shape index (κ1) is 19.2. The van der Waals surface area contributed by atoms with Gasteiger partial charge in [0.1, 0.15) is 6.04 Å². The summed E-state index contributed by atoms with van der Waals surface area (Å²) < 4.78 is 38.0. The fourth-order valence-corrected chi connectivity index (χ4v) is 4.08. The summed E-state index contributed by atoms with van der Waals surface area (Å²) in [7, 11) is -4.19. The van der Waals surface area contributed by atoms with E-state index in [2.05, 4.69) is 5.32 Å². The van der Waals surface area contributed by atoms with E-state index in [1.54, 1.807) is 24.3 Å². The number of hydrogen-bond acceptors (Lipinski definition) is 5. The van der Waals surface area contributed by atoms with E-state index in [9.17, 15) is 18.0 Å². The minimum atomic E-state index is -4.19. The first-order chi connectivity index (χ1) is 13.8. The van der Waals surface area contributed by atoms with Crippen LogP contribution < -0.4 is 11.1 Å². The number of amides is 1. The lowest BCUT2D eigenvalue weighted by molar-refractivity contribution is -0.134. The van der Waals surface area contributed by atoms with Crippen LogP contribution in [0.2, 0.25) is 0 Å². The molecule has 1 amide bonds. The van der Waals surface area contributed by atoms with Gasteiger partial charge >= 0.3 is 5.76 Å². The highest BCUT2D eigenvalue weighted by Gasteiger charge is 2.44. The second-order valence-electron chi connectivity index (χ2n) is 6.78. The summed E-state index contributed by atoms with van der Waals surface area (Å²) in [4.78, 5) is 25.1. The van der Waals surface area contributed by atoms with Gasteiger partial charge in [0.15, 0.2) is 5.76 Å². The maximum absolute atomic E-state index is 12.8. The summed E-state index contributed by atoms with van der Waals surface area (Å²) >= 11 is 0. The average Bonchev–Trinajstić information content (AvgIpc) is 3.02. The number of nitrogens with zero attached hydrogens (tertiary/aromatic N) is 1. The van der Waals surface area contributed by atoms with Gasteiger partial charge in [-0.15, -0.1) is 0 Å². The lowest BCUT2D eigenvalue weighted by Crippen LogP contribution is -2.60. The van der Waals surface area contributed by atoms with Gasteiger partial charge in [-0.1, -0.05) is 60.7 Å². The zero-order valence-electron chi connectivity index (χ0n) is 15.2. The van der Waals surface area contributed by atoms with Gasteiger partial charge in [0, 0.05) is 11.1 Å². The molecule has 1 aliphatic rings. The van der Waals surface area contributed by atoms with Crippen LogP contribution in [-0.2, 0) is 14.9 Å². The Bertz CT molecular complexity index is 1200. The summed E-state index contributed by atoms with van der Waals surface area (Å²) in [5.74, 6) is -1.31. The Hall–Kier alpha value is -3.17.